The number of carbonyl (C=O) groups excluding carboxylic acids is 3. The number of nitrogens with one attached hydrogen (secondary N) is 2. The van der Waals surface area contributed by atoms with Gasteiger partial charge in [-0.15, -0.1) is 0 Å². The zero-order valence-electron chi connectivity index (χ0n) is 15.7. The maximum absolute atomic E-state index is 12.0. The lowest BCUT2D eigenvalue weighted by atomic mass is 10.1. The molecule has 1 aromatic heterocycles. The van der Waals surface area contributed by atoms with Crippen LogP contribution >= 0.6 is 11.6 Å². The number of halogens is 1. The summed E-state index contributed by atoms with van der Waals surface area (Å²) in [5.74, 6) is -1.76. The van der Waals surface area contributed by atoms with E-state index in [1.807, 2.05) is 25.1 Å². The topological polar surface area (TPSA) is 97.6 Å². The van der Waals surface area contributed by atoms with Gasteiger partial charge in [0.05, 0.1) is 12.7 Å². The molecule has 150 valence electrons. The fourth-order valence-corrected chi connectivity index (χ4v) is 2.80. The van der Waals surface area contributed by atoms with Gasteiger partial charge in [0.2, 0.25) is 0 Å². The number of amides is 2. The minimum atomic E-state index is -0.662. The molecule has 1 heterocycles. The maximum Gasteiger partial charge on any atom is 0.310 e. The van der Waals surface area contributed by atoms with E-state index in [1.165, 1.54) is 18.4 Å². The quantitative estimate of drug-likeness (QED) is 0.477. The molecule has 0 unspecified atom stereocenters. The van der Waals surface area contributed by atoms with E-state index in [4.69, 9.17) is 20.8 Å². The Morgan fingerprint density at radius 3 is 2.55 bits per heavy atom. The van der Waals surface area contributed by atoms with Crippen LogP contribution in [0, 0.1) is 0 Å². The minimum absolute atomic E-state index is 0.0249. The van der Waals surface area contributed by atoms with Crippen molar-refractivity contribution in [3.63, 3.8) is 0 Å². The fraction of sp³-hybridized carbons (Fsp3) is 0.190. The molecule has 0 atom stereocenters. The summed E-state index contributed by atoms with van der Waals surface area (Å²) in [6, 6.07) is 12.0. The second kappa shape index (κ2) is 9.25. The average molecular weight is 415 g/mol. The molecule has 2 amide bonds. The van der Waals surface area contributed by atoms with Crippen molar-refractivity contribution < 1.29 is 23.5 Å². The molecule has 2 aromatic carbocycles. The molecule has 0 fully saturated rings. The molecular weight excluding hydrogens is 396 g/mol. The number of furan rings is 1. The van der Waals surface area contributed by atoms with Crippen LogP contribution in [0.2, 0.25) is 5.02 Å². The van der Waals surface area contributed by atoms with Gasteiger partial charge in [-0.3, -0.25) is 25.2 Å². The highest BCUT2D eigenvalue weighted by atomic mass is 35.5. The number of rotatable bonds is 6. The molecular formula is C21H19ClN2O5. The third-order valence-electron chi connectivity index (χ3n) is 4.25. The highest BCUT2D eigenvalue weighted by Crippen LogP contribution is 2.23. The highest BCUT2D eigenvalue weighted by molar-refractivity contribution is 6.30. The third-order valence-corrected chi connectivity index (χ3v) is 4.50. The molecule has 7 nitrogen and oxygen atoms in total. The Kier molecular flexibility index (Phi) is 6.51. The number of esters is 1. The van der Waals surface area contributed by atoms with E-state index in [-0.39, 0.29) is 6.42 Å². The zero-order valence-corrected chi connectivity index (χ0v) is 16.4. The second-order valence-electron chi connectivity index (χ2n) is 6.29. The summed E-state index contributed by atoms with van der Waals surface area (Å²) in [5, 5.41) is 1.33. The molecule has 0 spiro atoms. The Balaban J connectivity index is 1.46. The molecule has 0 saturated carbocycles. The van der Waals surface area contributed by atoms with Crippen LogP contribution < -0.4 is 10.9 Å². The van der Waals surface area contributed by atoms with Crippen molar-refractivity contribution in [3.05, 3.63) is 70.4 Å². The van der Waals surface area contributed by atoms with E-state index < -0.39 is 24.4 Å². The molecule has 0 bridgehead atoms. The van der Waals surface area contributed by atoms with Crippen LogP contribution in [0.1, 0.15) is 28.4 Å². The van der Waals surface area contributed by atoms with Crippen LogP contribution in [0.15, 0.2) is 53.1 Å². The van der Waals surface area contributed by atoms with Gasteiger partial charge in [0.1, 0.15) is 5.58 Å². The van der Waals surface area contributed by atoms with Crippen molar-refractivity contribution in [1.82, 2.24) is 10.9 Å². The van der Waals surface area contributed by atoms with E-state index in [1.54, 1.807) is 12.1 Å². The van der Waals surface area contributed by atoms with Crippen LogP contribution in [0.25, 0.3) is 11.0 Å². The average Bonchev–Trinajstić information content (AvgIpc) is 3.12. The Hall–Kier alpha value is -3.32. The van der Waals surface area contributed by atoms with Gasteiger partial charge in [0.15, 0.2) is 6.61 Å². The van der Waals surface area contributed by atoms with Gasteiger partial charge in [0.25, 0.3) is 11.8 Å². The number of carbonyl (C=O) groups is 3. The Bertz CT molecular complexity index is 1040. The van der Waals surface area contributed by atoms with Crippen molar-refractivity contribution in [2.75, 3.05) is 6.61 Å². The van der Waals surface area contributed by atoms with E-state index in [9.17, 15) is 14.4 Å². The number of hydrogen-bond acceptors (Lipinski definition) is 5. The van der Waals surface area contributed by atoms with E-state index in [0.717, 1.165) is 17.4 Å². The summed E-state index contributed by atoms with van der Waals surface area (Å²) >= 11 is 5.76. The van der Waals surface area contributed by atoms with Crippen molar-refractivity contribution in [3.8, 4) is 0 Å². The largest absolute Gasteiger partial charge is 0.464 e. The van der Waals surface area contributed by atoms with Crippen LogP contribution in [-0.4, -0.2) is 24.4 Å². The summed E-state index contributed by atoms with van der Waals surface area (Å²) in [5.41, 5.74) is 7.27. The summed E-state index contributed by atoms with van der Waals surface area (Å²) in [6.07, 6.45) is 2.37. The first-order valence-electron chi connectivity index (χ1n) is 8.95. The monoisotopic (exact) mass is 414 g/mol. The summed E-state index contributed by atoms with van der Waals surface area (Å²) in [6.45, 7) is 1.53. The molecule has 3 aromatic rings. The van der Waals surface area contributed by atoms with E-state index in [2.05, 4.69) is 10.9 Å². The van der Waals surface area contributed by atoms with Gasteiger partial charge in [-0.25, -0.2) is 0 Å². The fourth-order valence-electron chi connectivity index (χ4n) is 2.67. The molecule has 0 aliphatic heterocycles. The molecule has 0 saturated heterocycles. The molecule has 29 heavy (non-hydrogen) atoms. The molecule has 0 radical (unpaired) electrons. The number of ether oxygens (including phenoxy) is 1. The molecule has 2 N–H and O–H groups in total. The normalized spacial score (nSPS) is 10.6. The Labute approximate surface area is 171 Å². The van der Waals surface area contributed by atoms with Gasteiger partial charge in [-0.1, -0.05) is 30.7 Å². The van der Waals surface area contributed by atoms with Gasteiger partial charge >= 0.3 is 5.97 Å². The van der Waals surface area contributed by atoms with E-state index in [0.29, 0.717) is 21.7 Å². The number of benzene rings is 2. The van der Waals surface area contributed by atoms with Gasteiger partial charge < -0.3 is 9.15 Å². The van der Waals surface area contributed by atoms with Crippen molar-refractivity contribution in [2.24, 2.45) is 0 Å². The smallest absolute Gasteiger partial charge is 0.310 e. The van der Waals surface area contributed by atoms with Crippen LogP contribution in [0.3, 0.4) is 0 Å². The minimum Gasteiger partial charge on any atom is -0.464 e. The third kappa shape index (κ3) is 5.36. The molecule has 8 heteroatoms. The second-order valence-corrected chi connectivity index (χ2v) is 6.73. The van der Waals surface area contributed by atoms with Crippen LogP contribution in [0.4, 0.5) is 0 Å². The number of hydrazine groups is 1. The van der Waals surface area contributed by atoms with Gasteiger partial charge in [0, 0.05) is 21.5 Å². The first-order valence-corrected chi connectivity index (χ1v) is 9.33. The number of aryl methyl sites for hydroxylation is 1. The first kappa shape index (κ1) is 20.4. The van der Waals surface area contributed by atoms with E-state index >= 15 is 0 Å². The Morgan fingerprint density at radius 1 is 1.07 bits per heavy atom. The molecule has 0 aliphatic rings. The van der Waals surface area contributed by atoms with Crippen LogP contribution in [-0.2, 0) is 27.2 Å². The number of hydrogen-bond donors (Lipinski definition) is 2. The van der Waals surface area contributed by atoms with Crippen molar-refractivity contribution in [1.29, 1.82) is 0 Å². The van der Waals surface area contributed by atoms with Crippen molar-refractivity contribution >= 4 is 40.4 Å². The summed E-state index contributed by atoms with van der Waals surface area (Å²) < 4.78 is 10.5. The Morgan fingerprint density at radius 2 is 1.83 bits per heavy atom. The predicted molar refractivity (Wildman–Crippen MR) is 107 cm³/mol. The van der Waals surface area contributed by atoms with Gasteiger partial charge in [-0.05, 0) is 42.3 Å². The van der Waals surface area contributed by atoms with Crippen molar-refractivity contribution in [2.45, 2.75) is 19.8 Å². The molecule has 0 aliphatic carbocycles. The predicted octanol–water partition coefficient (Wildman–Crippen LogP) is 3.20. The summed E-state index contributed by atoms with van der Waals surface area (Å²) in [4.78, 5) is 35.7. The van der Waals surface area contributed by atoms with Gasteiger partial charge in [-0.2, -0.15) is 0 Å². The molecule has 3 rings (SSSR count). The lowest BCUT2D eigenvalue weighted by Gasteiger charge is -2.08. The standard InChI is InChI=1S/C21H19ClN2O5/c1-2-13-3-8-17-15(11-28-18(17)9-13)10-20(26)29-12-19(25)23-24-21(27)14-4-6-16(22)7-5-14/h3-9,11H,2,10,12H2,1H3,(H,23,25)(H,24,27). The lowest BCUT2D eigenvalue weighted by Crippen LogP contribution is -2.43. The first-order chi connectivity index (χ1) is 14.0. The number of fused-ring (bicyclic) bond motifs is 1. The maximum atomic E-state index is 12.0. The highest BCUT2D eigenvalue weighted by Gasteiger charge is 2.14. The SMILES string of the molecule is CCc1ccc2c(CC(=O)OCC(=O)NNC(=O)c3ccc(Cl)cc3)coc2c1. The summed E-state index contributed by atoms with van der Waals surface area (Å²) in [7, 11) is 0. The zero-order chi connectivity index (χ0) is 20.8. The van der Waals surface area contributed by atoms with Crippen LogP contribution in [0.5, 0.6) is 0 Å². The lowest BCUT2D eigenvalue weighted by molar-refractivity contribution is -0.148.